The molecule has 3 nitrogen and oxygen atoms in total. The van der Waals surface area contributed by atoms with Gasteiger partial charge in [0.15, 0.2) is 0 Å². The Balaban J connectivity index is 1.86. The molecule has 0 radical (unpaired) electrons. The third kappa shape index (κ3) is 4.07. The lowest BCUT2D eigenvalue weighted by Gasteiger charge is -2.30. The Morgan fingerprint density at radius 1 is 1.26 bits per heavy atom. The Labute approximate surface area is 117 Å². The van der Waals surface area contributed by atoms with Crippen LogP contribution in [0.3, 0.4) is 0 Å². The van der Waals surface area contributed by atoms with Gasteiger partial charge in [-0.1, -0.05) is 27.2 Å². The molecule has 108 valence electrons. The molecule has 0 bridgehead atoms. The Morgan fingerprint density at radius 3 is 2.68 bits per heavy atom. The number of nitrogens with zero attached hydrogens (tertiary/aromatic N) is 1. The Morgan fingerprint density at radius 2 is 2.05 bits per heavy atom. The summed E-state index contributed by atoms with van der Waals surface area (Å²) in [6, 6.07) is 1.06. The number of H-pyrrole nitrogens is 1. The van der Waals surface area contributed by atoms with Crippen molar-refractivity contribution in [1.29, 1.82) is 0 Å². The maximum atomic E-state index is 4.03. The second-order valence-electron chi connectivity index (χ2n) is 7.19. The molecule has 3 unspecified atom stereocenters. The van der Waals surface area contributed by atoms with Crippen molar-refractivity contribution in [3.05, 3.63) is 18.0 Å². The van der Waals surface area contributed by atoms with Gasteiger partial charge in [0.2, 0.25) is 0 Å². The average molecular weight is 263 g/mol. The van der Waals surface area contributed by atoms with Gasteiger partial charge in [0.05, 0.1) is 6.20 Å². The fourth-order valence-electron chi connectivity index (χ4n) is 3.28. The lowest BCUT2D eigenvalue weighted by molar-refractivity contribution is 0.213. The van der Waals surface area contributed by atoms with Gasteiger partial charge in [-0.25, -0.2) is 0 Å². The van der Waals surface area contributed by atoms with Crippen LogP contribution < -0.4 is 5.32 Å². The van der Waals surface area contributed by atoms with Gasteiger partial charge in [0.25, 0.3) is 0 Å². The molecule has 0 aliphatic heterocycles. The molecule has 3 atom stereocenters. The number of hydrogen-bond acceptors (Lipinski definition) is 2. The number of aromatic amines is 1. The summed E-state index contributed by atoms with van der Waals surface area (Å²) in [6.07, 6.45) is 10.6. The van der Waals surface area contributed by atoms with Gasteiger partial charge in [-0.15, -0.1) is 0 Å². The summed E-state index contributed by atoms with van der Waals surface area (Å²) < 4.78 is 0. The number of aromatic nitrogens is 2. The van der Waals surface area contributed by atoms with Crippen molar-refractivity contribution in [2.75, 3.05) is 0 Å². The summed E-state index contributed by atoms with van der Waals surface area (Å²) in [5, 5.41) is 10.7. The highest BCUT2D eigenvalue weighted by atomic mass is 15.1. The fraction of sp³-hybridized carbons (Fsp3) is 0.812. The molecule has 0 aromatic carbocycles. The van der Waals surface area contributed by atoms with Crippen LogP contribution in [0.4, 0.5) is 0 Å². The van der Waals surface area contributed by atoms with Crippen LogP contribution in [0, 0.1) is 11.3 Å². The van der Waals surface area contributed by atoms with Gasteiger partial charge in [-0.05, 0) is 43.9 Å². The SMILES string of the molecule is CC(NC1CCCC(C(C)(C)C)CC1)c1cn[nH]c1. The smallest absolute Gasteiger partial charge is 0.0534 e. The number of rotatable bonds is 3. The largest absolute Gasteiger partial charge is 0.307 e. The molecule has 2 N–H and O–H groups in total. The molecule has 1 heterocycles. The van der Waals surface area contributed by atoms with E-state index in [1.54, 1.807) is 0 Å². The highest BCUT2D eigenvalue weighted by molar-refractivity contribution is 5.08. The van der Waals surface area contributed by atoms with Crippen LogP contribution in [0.15, 0.2) is 12.4 Å². The standard InChI is InChI=1S/C16H29N3/c1-12(13-10-17-18-11-13)19-15-7-5-6-14(8-9-15)16(2,3)4/h10-12,14-15,19H,5-9H2,1-4H3,(H,17,18). The minimum atomic E-state index is 0.398. The summed E-state index contributed by atoms with van der Waals surface area (Å²) in [6.45, 7) is 9.40. The predicted molar refractivity (Wildman–Crippen MR) is 80.0 cm³/mol. The van der Waals surface area contributed by atoms with E-state index in [0.717, 1.165) is 5.92 Å². The first-order valence-electron chi connectivity index (χ1n) is 7.71. The molecular weight excluding hydrogens is 234 g/mol. The van der Waals surface area contributed by atoms with E-state index < -0.39 is 0 Å². The highest BCUT2D eigenvalue weighted by Crippen LogP contribution is 2.37. The van der Waals surface area contributed by atoms with Gasteiger partial charge in [-0.2, -0.15) is 5.10 Å². The molecule has 0 saturated heterocycles. The van der Waals surface area contributed by atoms with E-state index in [0.29, 0.717) is 17.5 Å². The van der Waals surface area contributed by atoms with E-state index >= 15 is 0 Å². The first-order valence-corrected chi connectivity index (χ1v) is 7.71. The predicted octanol–water partition coefficient (Wildman–Crippen LogP) is 4.06. The van der Waals surface area contributed by atoms with Crippen LogP contribution in [0.1, 0.15) is 71.4 Å². The topological polar surface area (TPSA) is 40.7 Å². The van der Waals surface area contributed by atoms with Crippen molar-refractivity contribution >= 4 is 0 Å². The normalized spacial score (nSPS) is 26.9. The van der Waals surface area contributed by atoms with E-state index in [1.165, 1.54) is 37.7 Å². The molecule has 1 fully saturated rings. The molecule has 1 aromatic heterocycles. The number of hydrogen-bond donors (Lipinski definition) is 2. The summed E-state index contributed by atoms with van der Waals surface area (Å²) in [4.78, 5) is 0. The maximum absolute atomic E-state index is 4.03. The third-order valence-electron chi connectivity index (χ3n) is 4.70. The van der Waals surface area contributed by atoms with E-state index in [9.17, 15) is 0 Å². The summed E-state index contributed by atoms with van der Waals surface area (Å²) in [5.74, 6) is 0.878. The Hall–Kier alpha value is -0.830. The third-order valence-corrected chi connectivity index (χ3v) is 4.70. The summed E-state index contributed by atoms with van der Waals surface area (Å²) in [5.41, 5.74) is 1.72. The molecule has 1 aliphatic carbocycles. The van der Waals surface area contributed by atoms with Gasteiger partial charge < -0.3 is 5.32 Å². The molecule has 2 rings (SSSR count). The van der Waals surface area contributed by atoms with Crippen molar-refractivity contribution in [3.8, 4) is 0 Å². The lowest BCUT2D eigenvalue weighted by Crippen LogP contribution is -2.31. The molecular formula is C16H29N3. The van der Waals surface area contributed by atoms with E-state index in [1.807, 2.05) is 12.4 Å². The average Bonchev–Trinajstić information content (AvgIpc) is 2.75. The van der Waals surface area contributed by atoms with Gasteiger partial charge in [0, 0.05) is 23.8 Å². The van der Waals surface area contributed by atoms with Crippen LogP contribution in [-0.4, -0.2) is 16.2 Å². The number of nitrogens with one attached hydrogen (secondary N) is 2. The highest BCUT2D eigenvalue weighted by Gasteiger charge is 2.28. The molecule has 19 heavy (non-hydrogen) atoms. The first kappa shape index (κ1) is 14.6. The van der Waals surface area contributed by atoms with Crippen molar-refractivity contribution < 1.29 is 0 Å². The van der Waals surface area contributed by atoms with Crippen molar-refractivity contribution in [2.24, 2.45) is 11.3 Å². The van der Waals surface area contributed by atoms with Crippen molar-refractivity contribution in [3.63, 3.8) is 0 Å². The van der Waals surface area contributed by atoms with Crippen LogP contribution in [0.2, 0.25) is 0 Å². The molecule has 0 amide bonds. The van der Waals surface area contributed by atoms with Crippen LogP contribution in [-0.2, 0) is 0 Å². The maximum Gasteiger partial charge on any atom is 0.0534 e. The van der Waals surface area contributed by atoms with Crippen LogP contribution in [0.25, 0.3) is 0 Å². The van der Waals surface area contributed by atoms with Gasteiger partial charge in [0.1, 0.15) is 0 Å². The van der Waals surface area contributed by atoms with Gasteiger partial charge in [-0.3, -0.25) is 5.10 Å². The minimum Gasteiger partial charge on any atom is -0.307 e. The molecule has 1 aromatic rings. The fourth-order valence-corrected chi connectivity index (χ4v) is 3.28. The molecule has 1 saturated carbocycles. The van der Waals surface area contributed by atoms with E-state index in [4.69, 9.17) is 0 Å². The first-order chi connectivity index (χ1) is 8.97. The summed E-state index contributed by atoms with van der Waals surface area (Å²) in [7, 11) is 0. The monoisotopic (exact) mass is 263 g/mol. The van der Waals surface area contributed by atoms with E-state index in [2.05, 4.69) is 43.2 Å². The quantitative estimate of drug-likeness (QED) is 0.808. The van der Waals surface area contributed by atoms with Crippen molar-refractivity contribution in [1.82, 2.24) is 15.5 Å². The van der Waals surface area contributed by atoms with Crippen LogP contribution in [0.5, 0.6) is 0 Å². The molecule has 0 spiro atoms. The lowest BCUT2D eigenvalue weighted by atomic mass is 9.76. The molecule has 3 heteroatoms. The second kappa shape index (κ2) is 6.08. The van der Waals surface area contributed by atoms with Crippen molar-refractivity contribution in [2.45, 2.75) is 71.9 Å². The zero-order chi connectivity index (χ0) is 13.9. The molecule has 1 aliphatic rings. The van der Waals surface area contributed by atoms with E-state index in [-0.39, 0.29) is 0 Å². The zero-order valence-corrected chi connectivity index (χ0v) is 12.9. The summed E-state index contributed by atoms with van der Waals surface area (Å²) >= 11 is 0. The minimum absolute atomic E-state index is 0.398. The van der Waals surface area contributed by atoms with Crippen LogP contribution >= 0.6 is 0 Å². The van der Waals surface area contributed by atoms with Gasteiger partial charge >= 0.3 is 0 Å². The Bertz CT molecular complexity index is 364. The Kier molecular flexibility index (Phi) is 4.67. The zero-order valence-electron chi connectivity index (χ0n) is 12.9. The second-order valence-corrected chi connectivity index (χ2v) is 7.19.